The Balaban J connectivity index is 1.36. The van der Waals surface area contributed by atoms with Gasteiger partial charge in [0.05, 0.1) is 6.10 Å². The molecule has 0 bridgehead atoms. The number of aliphatic carboxylic acids is 1. The number of carbonyl (C=O) groups excluding carboxylic acids is 2. The Hall–Kier alpha value is -3.39. The van der Waals surface area contributed by atoms with Crippen molar-refractivity contribution in [3.05, 3.63) is 59.7 Å². The predicted molar refractivity (Wildman–Crippen MR) is 121 cm³/mol. The normalized spacial score (nSPS) is 20.1. The molecule has 8 heteroatoms. The van der Waals surface area contributed by atoms with Gasteiger partial charge in [0.1, 0.15) is 12.6 Å². The zero-order chi connectivity index (χ0) is 23.5. The Morgan fingerprint density at radius 3 is 2.27 bits per heavy atom. The number of ether oxygens (including phenoxy) is 1. The monoisotopic (exact) mass is 452 g/mol. The highest BCUT2D eigenvalue weighted by Gasteiger charge is 2.39. The molecule has 174 valence electrons. The van der Waals surface area contributed by atoms with Gasteiger partial charge in [-0.25, -0.2) is 9.59 Å². The molecule has 8 nitrogen and oxygen atoms in total. The van der Waals surface area contributed by atoms with Crippen molar-refractivity contribution in [2.45, 2.75) is 50.3 Å². The van der Waals surface area contributed by atoms with Gasteiger partial charge in [-0.05, 0) is 28.7 Å². The number of fused-ring (bicyclic) bond motifs is 3. The van der Waals surface area contributed by atoms with Crippen LogP contribution >= 0.6 is 0 Å². The Labute approximate surface area is 192 Å². The van der Waals surface area contributed by atoms with Gasteiger partial charge in [0, 0.05) is 31.3 Å². The van der Waals surface area contributed by atoms with E-state index in [0.29, 0.717) is 6.42 Å². The fourth-order valence-electron chi connectivity index (χ4n) is 4.76. The van der Waals surface area contributed by atoms with E-state index in [4.69, 9.17) is 4.74 Å². The maximum absolute atomic E-state index is 12.7. The second kappa shape index (κ2) is 9.62. The minimum absolute atomic E-state index is 0.0116. The summed E-state index contributed by atoms with van der Waals surface area (Å²) in [5, 5.41) is 21.8. The molecule has 0 radical (unpaired) electrons. The number of carboxylic acid groups (broad SMARTS) is 1. The van der Waals surface area contributed by atoms with Crippen molar-refractivity contribution in [2.24, 2.45) is 0 Å². The van der Waals surface area contributed by atoms with Crippen LogP contribution in [-0.2, 0) is 14.3 Å². The minimum atomic E-state index is -1.14. The van der Waals surface area contributed by atoms with Crippen LogP contribution in [0.1, 0.15) is 43.2 Å². The van der Waals surface area contributed by atoms with Crippen LogP contribution in [0.3, 0.4) is 0 Å². The zero-order valence-electron chi connectivity index (χ0n) is 18.4. The summed E-state index contributed by atoms with van der Waals surface area (Å²) >= 11 is 0. The van der Waals surface area contributed by atoms with Crippen LogP contribution in [-0.4, -0.2) is 64.4 Å². The number of alkyl carbamates (subject to hydrolysis) is 1. The molecule has 0 aromatic heterocycles. The highest BCUT2D eigenvalue weighted by Crippen LogP contribution is 2.44. The van der Waals surface area contributed by atoms with Crippen LogP contribution in [0.2, 0.25) is 0 Å². The van der Waals surface area contributed by atoms with Crippen molar-refractivity contribution in [1.82, 2.24) is 10.2 Å². The Morgan fingerprint density at radius 1 is 1.09 bits per heavy atom. The summed E-state index contributed by atoms with van der Waals surface area (Å²) in [6.45, 7) is 1.98. The van der Waals surface area contributed by atoms with E-state index in [1.165, 1.54) is 4.90 Å². The van der Waals surface area contributed by atoms with Crippen LogP contribution < -0.4 is 5.32 Å². The summed E-state index contributed by atoms with van der Waals surface area (Å²) in [6.07, 6.45) is -1.04. The number of benzene rings is 2. The second-order valence-corrected chi connectivity index (χ2v) is 8.57. The summed E-state index contributed by atoms with van der Waals surface area (Å²) in [7, 11) is 0. The Bertz CT molecular complexity index is 1010. The molecule has 0 spiro atoms. The average Bonchev–Trinajstić information content (AvgIpc) is 3.35. The summed E-state index contributed by atoms with van der Waals surface area (Å²) < 4.78 is 5.55. The maximum Gasteiger partial charge on any atom is 0.407 e. The molecule has 2 aromatic rings. The lowest BCUT2D eigenvalue weighted by Gasteiger charge is -2.24. The molecule has 2 amide bonds. The topological polar surface area (TPSA) is 116 Å². The number of carbonyl (C=O) groups is 3. The summed E-state index contributed by atoms with van der Waals surface area (Å²) in [4.78, 5) is 37.7. The quantitative estimate of drug-likeness (QED) is 0.595. The number of hydrogen-bond acceptors (Lipinski definition) is 5. The van der Waals surface area contributed by atoms with E-state index in [-0.39, 0.29) is 31.9 Å². The molecular weight excluding hydrogens is 424 g/mol. The van der Waals surface area contributed by atoms with Gasteiger partial charge in [-0.3, -0.25) is 4.79 Å². The standard InChI is InChI=1S/C25H28N2O6/c1-2-15(11-23(29)27-13-16(28)12-22(27)24(30)31)26-25(32)33-14-21-19-9-5-3-7-17(19)18-8-4-6-10-20(18)21/h3-10,15-16,21-22,28H,2,11-14H2,1H3,(H,26,32)(H,30,31)/t15-,16?,22-/m0/s1. The zero-order valence-corrected chi connectivity index (χ0v) is 18.4. The lowest BCUT2D eigenvalue weighted by Crippen LogP contribution is -2.44. The third-order valence-corrected chi connectivity index (χ3v) is 6.46. The summed E-state index contributed by atoms with van der Waals surface area (Å²) in [6, 6.07) is 14.6. The van der Waals surface area contributed by atoms with Gasteiger partial charge >= 0.3 is 12.1 Å². The number of rotatable bonds is 7. The number of likely N-dealkylation sites (tertiary alicyclic amines) is 1. The van der Waals surface area contributed by atoms with E-state index in [2.05, 4.69) is 17.4 Å². The van der Waals surface area contributed by atoms with Crippen LogP contribution in [0.25, 0.3) is 11.1 Å². The van der Waals surface area contributed by atoms with Gasteiger partial charge in [-0.15, -0.1) is 0 Å². The predicted octanol–water partition coefficient (Wildman–Crippen LogP) is 2.74. The number of nitrogens with one attached hydrogen (secondary N) is 1. The lowest BCUT2D eigenvalue weighted by atomic mass is 9.98. The van der Waals surface area contributed by atoms with E-state index in [1.54, 1.807) is 0 Å². The van der Waals surface area contributed by atoms with Crippen molar-refractivity contribution >= 4 is 18.0 Å². The average molecular weight is 453 g/mol. The highest BCUT2D eigenvalue weighted by molar-refractivity contribution is 5.85. The van der Waals surface area contributed by atoms with Crippen LogP contribution in [0.15, 0.2) is 48.5 Å². The fraction of sp³-hybridized carbons (Fsp3) is 0.400. The number of aliphatic hydroxyl groups excluding tert-OH is 1. The van der Waals surface area contributed by atoms with Crippen molar-refractivity contribution in [3.63, 3.8) is 0 Å². The van der Waals surface area contributed by atoms with Crippen molar-refractivity contribution in [3.8, 4) is 11.1 Å². The largest absolute Gasteiger partial charge is 0.480 e. The molecular formula is C25H28N2O6. The van der Waals surface area contributed by atoms with Gasteiger partial charge in [-0.2, -0.15) is 0 Å². The highest BCUT2D eigenvalue weighted by atomic mass is 16.5. The maximum atomic E-state index is 12.7. The second-order valence-electron chi connectivity index (χ2n) is 8.57. The number of nitrogens with zero attached hydrogens (tertiary/aromatic N) is 1. The molecule has 1 heterocycles. The van der Waals surface area contributed by atoms with E-state index < -0.39 is 36.2 Å². The molecule has 0 saturated carbocycles. The minimum Gasteiger partial charge on any atom is -0.480 e. The number of hydrogen-bond donors (Lipinski definition) is 3. The SMILES string of the molecule is CC[C@@H](CC(=O)N1CC(O)C[C@H]1C(=O)O)NC(=O)OCC1c2ccccc2-c2ccccc21. The molecule has 1 aliphatic heterocycles. The van der Waals surface area contributed by atoms with Crippen LogP contribution in [0.4, 0.5) is 4.79 Å². The summed E-state index contributed by atoms with van der Waals surface area (Å²) in [5.41, 5.74) is 4.50. The molecule has 4 rings (SSSR count). The summed E-state index contributed by atoms with van der Waals surface area (Å²) in [5.74, 6) is -1.62. The molecule has 33 heavy (non-hydrogen) atoms. The molecule has 2 aliphatic rings. The van der Waals surface area contributed by atoms with E-state index in [0.717, 1.165) is 22.3 Å². The van der Waals surface area contributed by atoms with Crippen molar-refractivity contribution in [1.29, 1.82) is 0 Å². The van der Waals surface area contributed by atoms with Crippen LogP contribution in [0, 0.1) is 0 Å². The smallest absolute Gasteiger partial charge is 0.407 e. The number of aliphatic hydroxyl groups is 1. The first-order valence-corrected chi connectivity index (χ1v) is 11.2. The molecule has 1 saturated heterocycles. The number of carboxylic acids is 1. The van der Waals surface area contributed by atoms with Gasteiger partial charge in [-0.1, -0.05) is 55.5 Å². The van der Waals surface area contributed by atoms with Gasteiger partial charge in [0.2, 0.25) is 5.91 Å². The van der Waals surface area contributed by atoms with Crippen molar-refractivity contribution < 1.29 is 29.3 Å². The number of β-amino-alcohol motifs (C(OH)–C–C–N with tert-alkyl or cyclic N) is 1. The fourth-order valence-corrected chi connectivity index (χ4v) is 4.76. The van der Waals surface area contributed by atoms with Crippen molar-refractivity contribution in [2.75, 3.05) is 13.2 Å². The first kappa shape index (κ1) is 22.8. The molecule has 2 aromatic carbocycles. The molecule has 1 aliphatic carbocycles. The van der Waals surface area contributed by atoms with Gasteiger partial charge < -0.3 is 25.2 Å². The first-order valence-electron chi connectivity index (χ1n) is 11.2. The lowest BCUT2D eigenvalue weighted by molar-refractivity contribution is -0.148. The van der Waals surface area contributed by atoms with E-state index in [9.17, 15) is 24.6 Å². The van der Waals surface area contributed by atoms with Crippen LogP contribution in [0.5, 0.6) is 0 Å². The molecule has 1 fully saturated rings. The molecule has 1 unspecified atom stereocenters. The molecule has 3 N–H and O–H groups in total. The Kier molecular flexibility index (Phi) is 6.65. The Morgan fingerprint density at radius 2 is 1.70 bits per heavy atom. The van der Waals surface area contributed by atoms with E-state index >= 15 is 0 Å². The third kappa shape index (κ3) is 4.71. The third-order valence-electron chi connectivity index (χ3n) is 6.46. The van der Waals surface area contributed by atoms with Gasteiger partial charge in [0.25, 0.3) is 0 Å². The first-order chi connectivity index (χ1) is 15.9. The number of amides is 2. The molecule has 3 atom stereocenters. The van der Waals surface area contributed by atoms with E-state index in [1.807, 2.05) is 43.3 Å². The van der Waals surface area contributed by atoms with Gasteiger partial charge in [0.15, 0.2) is 0 Å².